The van der Waals surface area contributed by atoms with Crippen molar-refractivity contribution in [3.05, 3.63) is 170 Å². The summed E-state index contributed by atoms with van der Waals surface area (Å²) < 4.78 is 0. The topological polar surface area (TPSA) is 0 Å². The summed E-state index contributed by atoms with van der Waals surface area (Å²) in [5.41, 5.74) is 10.0. The molecule has 0 bridgehead atoms. The van der Waals surface area contributed by atoms with E-state index in [2.05, 4.69) is 170 Å². The second-order valence-electron chi connectivity index (χ2n) is 10.9. The van der Waals surface area contributed by atoms with Gasteiger partial charge in [0.2, 0.25) is 0 Å². The lowest BCUT2D eigenvalue weighted by atomic mass is 9.88. The van der Waals surface area contributed by atoms with E-state index >= 15 is 0 Å². The molecule has 196 valence electrons. The molecule has 0 unspecified atom stereocenters. The van der Waals surface area contributed by atoms with E-state index in [1.165, 1.54) is 76.8 Å². The minimum absolute atomic E-state index is 1.24. The summed E-state index contributed by atoms with van der Waals surface area (Å²) in [6.07, 6.45) is 0. The van der Waals surface area contributed by atoms with Crippen molar-refractivity contribution in [3.63, 3.8) is 0 Å². The number of hydrogen-bond acceptors (Lipinski definition) is 0. The Morgan fingerprint density at radius 1 is 0.214 bits per heavy atom. The van der Waals surface area contributed by atoms with E-state index in [9.17, 15) is 0 Å². The molecule has 0 aliphatic carbocycles. The van der Waals surface area contributed by atoms with Crippen molar-refractivity contribution in [1.29, 1.82) is 0 Å². The fraction of sp³-hybridized carbons (Fsp3) is 0. The molecule has 0 heterocycles. The number of benzene rings is 8. The van der Waals surface area contributed by atoms with Gasteiger partial charge in [0.15, 0.2) is 0 Å². The Bertz CT molecular complexity index is 2220. The van der Waals surface area contributed by atoms with Crippen LogP contribution in [0.1, 0.15) is 0 Å². The quantitative estimate of drug-likeness (QED) is 0.211. The van der Waals surface area contributed by atoms with Gasteiger partial charge in [0, 0.05) is 0 Å². The monoisotopic (exact) mass is 532 g/mol. The maximum atomic E-state index is 2.33. The van der Waals surface area contributed by atoms with Crippen LogP contribution in [0.15, 0.2) is 170 Å². The van der Waals surface area contributed by atoms with Gasteiger partial charge in [-0.1, -0.05) is 158 Å². The van der Waals surface area contributed by atoms with Crippen LogP contribution in [0.4, 0.5) is 0 Å². The zero-order valence-electron chi connectivity index (χ0n) is 23.2. The Morgan fingerprint density at radius 2 is 0.643 bits per heavy atom. The molecule has 0 aromatic heterocycles. The van der Waals surface area contributed by atoms with E-state index in [0.29, 0.717) is 0 Å². The van der Waals surface area contributed by atoms with E-state index in [1.54, 1.807) is 0 Å². The molecule has 8 rings (SSSR count). The molecule has 0 N–H and O–H groups in total. The molecule has 0 aliphatic heterocycles. The van der Waals surface area contributed by atoms with E-state index in [0.717, 1.165) is 0 Å². The molecule has 0 amide bonds. The molecule has 0 nitrogen and oxygen atoms in total. The van der Waals surface area contributed by atoms with Crippen molar-refractivity contribution in [1.82, 2.24) is 0 Å². The fourth-order valence-corrected chi connectivity index (χ4v) is 6.42. The first-order valence-electron chi connectivity index (χ1n) is 14.5. The molecule has 0 aliphatic rings. The number of hydrogen-bond donors (Lipinski definition) is 0. The highest BCUT2D eigenvalue weighted by Crippen LogP contribution is 2.40. The van der Waals surface area contributed by atoms with Crippen LogP contribution in [-0.4, -0.2) is 0 Å². The first kappa shape index (κ1) is 24.3. The smallest absolute Gasteiger partial charge is 0.00987 e. The molecule has 8 aromatic carbocycles. The molecule has 0 atom stereocenters. The van der Waals surface area contributed by atoms with Gasteiger partial charge in [-0.2, -0.15) is 0 Å². The van der Waals surface area contributed by atoms with Crippen molar-refractivity contribution in [3.8, 4) is 44.5 Å². The average Bonchev–Trinajstić information content (AvgIpc) is 3.07. The fourth-order valence-electron chi connectivity index (χ4n) is 6.42. The van der Waals surface area contributed by atoms with Gasteiger partial charge in [-0.25, -0.2) is 0 Å². The van der Waals surface area contributed by atoms with E-state index in [1.807, 2.05) is 0 Å². The molecule has 0 radical (unpaired) electrons. The summed E-state index contributed by atoms with van der Waals surface area (Å²) in [7, 11) is 0. The highest BCUT2D eigenvalue weighted by molar-refractivity contribution is 6.12. The van der Waals surface area contributed by atoms with Crippen molar-refractivity contribution in [2.45, 2.75) is 0 Å². The van der Waals surface area contributed by atoms with Gasteiger partial charge in [0.25, 0.3) is 0 Å². The van der Waals surface area contributed by atoms with Crippen molar-refractivity contribution in [2.75, 3.05) is 0 Å². The summed E-state index contributed by atoms with van der Waals surface area (Å²) in [5.74, 6) is 0. The van der Waals surface area contributed by atoms with Gasteiger partial charge in [0.1, 0.15) is 0 Å². The van der Waals surface area contributed by atoms with E-state index in [4.69, 9.17) is 0 Å². The summed E-state index contributed by atoms with van der Waals surface area (Å²) in [5, 5.41) is 7.60. The molecule has 0 saturated heterocycles. The predicted molar refractivity (Wildman–Crippen MR) is 181 cm³/mol. The maximum Gasteiger partial charge on any atom is -0.00987 e. The van der Waals surface area contributed by atoms with Crippen LogP contribution in [0.25, 0.3) is 76.8 Å². The molecule has 0 spiro atoms. The van der Waals surface area contributed by atoms with Crippen molar-refractivity contribution >= 4 is 32.3 Å². The van der Waals surface area contributed by atoms with Gasteiger partial charge in [0.05, 0.1) is 0 Å². The second-order valence-corrected chi connectivity index (χ2v) is 10.9. The van der Waals surface area contributed by atoms with Crippen LogP contribution in [0.3, 0.4) is 0 Å². The third-order valence-corrected chi connectivity index (χ3v) is 8.48. The Kier molecular flexibility index (Phi) is 5.90. The average molecular weight is 533 g/mol. The Labute approximate surface area is 246 Å². The SMILES string of the molecule is c1ccc(-c2ccc3cc(-c4cccc5c(-c6ccc(-c7ccccc7)c7ccccc67)cccc45)ccc3c2)cc1. The molecular formula is C42H28. The number of rotatable bonds is 4. The standard InChI is InChI=1S/C42H28/c1-3-11-29(12-4-1)31-21-22-33-28-34(24-23-32(33)27-31)35-17-9-19-40-38(35)18-10-20-41(40)42-26-25-36(30-13-5-2-6-14-30)37-15-7-8-16-39(37)42/h1-28H. The lowest BCUT2D eigenvalue weighted by Crippen LogP contribution is -1.89. The molecule has 0 saturated carbocycles. The molecule has 8 aromatic rings. The molecule has 42 heavy (non-hydrogen) atoms. The van der Waals surface area contributed by atoms with Gasteiger partial charge in [-0.15, -0.1) is 0 Å². The minimum Gasteiger partial charge on any atom is -0.0622 e. The highest BCUT2D eigenvalue weighted by atomic mass is 14.2. The minimum atomic E-state index is 1.24. The lowest BCUT2D eigenvalue weighted by Gasteiger charge is -2.15. The first-order valence-corrected chi connectivity index (χ1v) is 14.5. The Morgan fingerprint density at radius 3 is 1.31 bits per heavy atom. The molecule has 0 fully saturated rings. The van der Waals surface area contributed by atoms with Crippen molar-refractivity contribution in [2.24, 2.45) is 0 Å². The van der Waals surface area contributed by atoms with Gasteiger partial charge in [-0.3, -0.25) is 0 Å². The van der Waals surface area contributed by atoms with Crippen LogP contribution in [0.2, 0.25) is 0 Å². The zero-order valence-corrected chi connectivity index (χ0v) is 23.2. The van der Waals surface area contributed by atoms with Gasteiger partial charge in [-0.05, 0) is 89.0 Å². The first-order chi connectivity index (χ1) is 20.8. The Balaban J connectivity index is 1.26. The highest BCUT2D eigenvalue weighted by Gasteiger charge is 2.13. The lowest BCUT2D eigenvalue weighted by molar-refractivity contribution is 1.63. The molecule has 0 heteroatoms. The third kappa shape index (κ3) is 4.17. The largest absolute Gasteiger partial charge is 0.0622 e. The summed E-state index contributed by atoms with van der Waals surface area (Å²) in [4.78, 5) is 0. The van der Waals surface area contributed by atoms with E-state index in [-0.39, 0.29) is 0 Å². The van der Waals surface area contributed by atoms with Crippen LogP contribution in [-0.2, 0) is 0 Å². The Hall–Kier alpha value is -5.46. The van der Waals surface area contributed by atoms with Crippen LogP contribution >= 0.6 is 0 Å². The van der Waals surface area contributed by atoms with Gasteiger partial charge >= 0.3 is 0 Å². The zero-order chi connectivity index (χ0) is 27.9. The van der Waals surface area contributed by atoms with E-state index < -0.39 is 0 Å². The predicted octanol–water partition coefficient (Wildman–Crippen LogP) is 11.8. The molecular weight excluding hydrogens is 504 g/mol. The van der Waals surface area contributed by atoms with Crippen LogP contribution in [0, 0.1) is 0 Å². The summed E-state index contributed by atoms with van der Waals surface area (Å²) in [6, 6.07) is 61.7. The summed E-state index contributed by atoms with van der Waals surface area (Å²) >= 11 is 0. The third-order valence-electron chi connectivity index (χ3n) is 8.48. The maximum absolute atomic E-state index is 2.33. The van der Waals surface area contributed by atoms with Crippen LogP contribution in [0.5, 0.6) is 0 Å². The summed E-state index contributed by atoms with van der Waals surface area (Å²) in [6.45, 7) is 0. The van der Waals surface area contributed by atoms with Crippen molar-refractivity contribution < 1.29 is 0 Å². The normalized spacial score (nSPS) is 11.3. The number of fused-ring (bicyclic) bond motifs is 3. The van der Waals surface area contributed by atoms with Gasteiger partial charge < -0.3 is 0 Å². The van der Waals surface area contributed by atoms with Crippen LogP contribution < -0.4 is 0 Å². The second kappa shape index (κ2) is 10.2.